The van der Waals surface area contributed by atoms with Crippen molar-refractivity contribution in [3.63, 3.8) is 0 Å². The molecule has 7 heteroatoms. The van der Waals surface area contributed by atoms with Crippen LogP contribution in [-0.2, 0) is 11.3 Å². The Morgan fingerprint density at radius 1 is 1.26 bits per heavy atom. The molecule has 0 saturated heterocycles. The highest BCUT2D eigenvalue weighted by Crippen LogP contribution is 2.32. The van der Waals surface area contributed by atoms with Crippen LogP contribution in [0, 0.1) is 0 Å². The van der Waals surface area contributed by atoms with Gasteiger partial charge in [-0.25, -0.2) is 9.97 Å². The van der Waals surface area contributed by atoms with Gasteiger partial charge >= 0.3 is 0 Å². The van der Waals surface area contributed by atoms with E-state index in [1.165, 1.54) is 11.8 Å². The Morgan fingerprint density at radius 2 is 2.04 bits per heavy atom. The van der Waals surface area contributed by atoms with Crippen LogP contribution in [0.5, 0.6) is 11.5 Å². The summed E-state index contributed by atoms with van der Waals surface area (Å²) in [4.78, 5) is 22.4. The summed E-state index contributed by atoms with van der Waals surface area (Å²) in [7, 11) is 0. The quantitative estimate of drug-likeness (QED) is 0.598. The van der Waals surface area contributed by atoms with Crippen LogP contribution in [0.2, 0.25) is 0 Å². The number of ether oxygens (including phenoxy) is 2. The van der Waals surface area contributed by atoms with Crippen molar-refractivity contribution in [2.45, 2.75) is 18.6 Å². The maximum absolute atomic E-state index is 12.4. The van der Waals surface area contributed by atoms with Gasteiger partial charge in [0.15, 0.2) is 16.7 Å². The van der Waals surface area contributed by atoms with Crippen LogP contribution in [0.25, 0.3) is 0 Å². The van der Waals surface area contributed by atoms with Crippen molar-refractivity contribution in [1.82, 2.24) is 14.9 Å². The van der Waals surface area contributed by atoms with E-state index in [1.807, 2.05) is 25.1 Å². The monoisotopic (exact) mass is 331 g/mol. The van der Waals surface area contributed by atoms with Crippen LogP contribution in [-0.4, -0.2) is 39.9 Å². The summed E-state index contributed by atoms with van der Waals surface area (Å²) < 4.78 is 10.7. The first kappa shape index (κ1) is 15.6. The van der Waals surface area contributed by atoms with Crippen molar-refractivity contribution >= 4 is 17.7 Å². The summed E-state index contributed by atoms with van der Waals surface area (Å²) in [6.45, 7) is 3.41. The second-order valence-corrected chi connectivity index (χ2v) is 5.86. The van der Waals surface area contributed by atoms with Gasteiger partial charge < -0.3 is 14.4 Å². The van der Waals surface area contributed by atoms with E-state index in [9.17, 15) is 4.79 Å². The molecule has 1 aliphatic rings. The molecule has 0 fully saturated rings. The highest BCUT2D eigenvalue weighted by atomic mass is 32.2. The van der Waals surface area contributed by atoms with Gasteiger partial charge in [-0.2, -0.15) is 0 Å². The standard InChI is InChI=1S/C16H17N3O3S/c1-2-19(15(20)10-23-16-17-6-3-7-18-16)9-12-4-5-13-14(8-12)22-11-21-13/h3-8H,2,9-11H2,1H3. The van der Waals surface area contributed by atoms with E-state index in [0.29, 0.717) is 24.0 Å². The highest BCUT2D eigenvalue weighted by molar-refractivity contribution is 7.99. The summed E-state index contributed by atoms with van der Waals surface area (Å²) in [5, 5.41) is 0.611. The highest BCUT2D eigenvalue weighted by Gasteiger charge is 2.17. The number of carbonyl (C=O) groups is 1. The summed E-state index contributed by atoms with van der Waals surface area (Å²) in [6, 6.07) is 7.51. The number of carbonyl (C=O) groups excluding carboxylic acids is 1. The van der Waals surface area contributed by atoms with Crippen LogP contribution in [0.1, 0.15) is 12.5 Å². The van der Waals surface area contributed by atoms with E-state index >= 15 is 0 Å². The van der Waals surface area contributed by atoms with Gasteiger partial charge in [0.1, 0.15) is 0 Å². The number of amides is 1. The minimum atomic E-state index is 0.0580. The fraction of sp³-hybridized carbons (Fsp3) is 0.312. The third-order valence-electron chi connectivity index (χ3n) is 3.41. The summed E-state index contributed by atoms with van der Waals surface area (Å²) in [5.41, 5.74) is 1.02. The van der Waals surface area contributed by atoms with Gasteiger partial charge in [-0.15, -0.1) is 0 Å². The molecule has 0 saturated carbocycles. The molecule has 0 atom stereocenters. The van der Waals surface area contributed by atoms with Crippen molar-refractivity contribution in [2.24, 2.45) is 0 Å². The lowest BCUT2D eigenvalue weighted by Gasteiger charge is -2.20. The zero-order valence-electron chi connectivity index (χ0n) is 12.8. The molecule has 0 spiro atoms. The lowest BCUT2D eigenvalue weighted by Crippen LogP contribution is -2.31. The minimum absolute atomic E-state index is 0.0580. The first-order chi connectivity index (χ1) is 11.3. The van der Waals surface area contributed by atoms with E-state index in [1.54, 1.807) is 23.4 Å². The SMILES string of the molecule is CCN(Cc1ccc2c(c1)OCO2)C(=O)CSc1ncccn1. The molecule has 0 aliphatic carbocycles. The van der Waals surface area contributed by atoms with E-state index in [-0.39, 0.29) is 12.7 Å². The Morgan fingerprint density at radius 3 is 2.83 bits per heavy atom. The molecule has 120 valence electrons. The first-order valence-corrected chi connectivity index (χ1v) is 8.31. The number of aromatic nitrogens is 2. The molecular formula is C16H17N3O3S. The molecule has 1 amide bonds. The van der Waals surface area contributed by atoms with Crippen LogP contribution >= 0.6 is 11.8 Å². The minimum Gasteiger partial charge on any atom is -0.454 e. The Hall–Kier alpha value is -2.28. The van der Waals surface area contributed by atoms with Crippen LogP contribution in [0.4, 0.5) is 0 Å². The zero-order chi connectivity index (χ0) is 16.1. The fourth-order valence-corrected chi connectivity index (χ4v) is 2.92. The molecule has 3 rings (SSSR count). The normalized spacial score (nSPS) is 12.2. The molecule has 0 N–H and O–H groups in total. The average molecular weight is 331 g/mol. The van der Waals surface area contributed by atoms with Gasteiger partial charge in [0.05, 0.1) is 5.75 Å². The zero-order valence-corrected chi connectivity index (χ0v) is 13.6. The van der Waals surface area contributed by atoms with Crippen LogP contribution < -0.4 is 9.47 Å². The maximum Gasteiger partial charge on any atom is 0.233 e. The van der Waals surface area contributed by atoms with E-state index in [0.717, 1.165) is 17.1 Å². The predicted molar refractivity (Wildman–Crippen MR) is 86.4 cm³/mol. The Labute approximate surface area is 138 Å². The van der Waals surface area contributed by atoms with Crippen LogP contribution in [0.3, 0.4) is 0 Å². The largest absolute Gasteiger partial charge is 0.454 e. The number of thioether (sulfide) groups is 1. The lowest BCUT2D eigenvalue weighted by molar-refractivity contribution is -0.128. The molecule has 1 aromatic carbocycles. The topological polar surface area (TPSA) is 64.6 Å². The maximum atomic E-state index is 12.4. The van der Waals surface area contributed by atoms with Crippen molar-refractivity contribution < 1.29 is 14.3 Å². The average Bonchev–Trinajstić information content (AvgIpc) is 3.06. The van der Waals surface area contributed by atoms with Crippen molar-refractivity contribution in [3.8, 4) is 11.5 Å². The third kappa shape index (κ3) is 3.92. The van der Waals surface area contributed by atoms with E-state index in [2.05, 4.69) is 9.97 Å². The van der Waals surface area contributed by atoms with E-state index < -0.39 is 0 Å². The Kier molecular flexibility index (Phi) is 4.97. The Balaban J connectivity index is 1.59. The first-order valence-electron chi connectivity index (χ1n) is 7.32. The lowest BCUT2D eigenvalue weighted by atomic mass is 10.2. The molecule has 0 radical (unpaired) electrons. The van der Waals surface area contributed by atoms with Gasteiger partial charge in [0.25, 0.3) is 0 Å². The second kappa shape index (κ2) is 7.32. The number of hydrogen-bond acceptors (Lipinski definition) is 6. The molecule has 0 unspecified atom stereocenters. The fourth-order valence-electron chi connectivity index (χ4n) is 2.21. The number of hydrogen-bond donors (Lipinski definition) is 0. The number of benzene rings is 1. The van der Waals surface area contributed by atoms with Crippen LogP contribution in [0.15, 0.2) is 41.8 Å². The molecule has 2 heterocycles. The molecule has 1 aliphatic heterocycles. The van der Waals surface area contributed by atoms with Gasteiger partial charge in [0.2, 0.25) is 12.7 Å². The van der Waals surface area contributed by atoms with Crippen molar-refractivity contribution in [1.29, 1.82) is 0 Å². The molecular weight excluding hydrogens is 314 g/mol. The summed E-state index contributed by atoms with van der Waals surface area (Å²) in [6.07, 6.45) is 3.34. The van der Waals surface area contributed by atoms with Crippen molar-refractivity contribution in [2.75, 3.05) is 19.1 Å². The smallest absolute Gasteiger partial charge is 0.233 e. The van der Waals surface area contributed by atoms with Gasteiger partial charge in [-0.3, -0.25) is 4.79 Å². The Bertz CT molecular complexity index is 682. The second-order valence-electron chi connectivity index (χ2n) is 4.92. The third-order valence-corrected chi connectivity index (χ3v) is 4.27. The molecule has 0 bridgehead atoms. The van der Waals surface area contributed by atoms with Gasteiger partial charge in [0, 0.05) is 25.5 Å². The molecule has 23 heavy (non-hydrogen) atoms. The summed E-state index contributed by atoms with van der Waals surface area (Å²) in [5.74, 6) is 1.86. The number of fused-ring (bicyclic) bond motifs is 1. The molecule has 2 aromatic rings. The number of nitrogens with zero attached hydrogens (tertiary/aromatic N) is 3. The van der Waals surface area contributed by atoms with Crippen molar-refractivity contribution in [3.05, 3.63) is 42.2 Å². The van der Waals surface area contributed by atoms with Gasteiger partial charge in [-0.05, 0) is 30.7 Å². The van der Waals surface area contributed by atoms with Gasteiger partial charge in [-0.1, -0.05) is 17.8 Å². The number of rotatable bonds is 6. The molecule has 1 aromatic heterocycles. The molecule has 6 nitrogen and oxygen atoms in total. The predicted octanol–water partition coefficient (Wildman–Crippen LogP) is 2.35. The van der Waals surface area contributed by atoms with E-state index in [4.69, 9.17) is 9.47 Å². The summed E-state index contributed by atoms with van der Waals surface area (Å²) >= 11 is 1.34.